The Morgan fingerprint density at radius 3 is 2.81 bits per heavy atom. The molecule has 32 heavy (non-hydrogen) atoms. The molecule has 0 unspecified atom stereocenters. The number of carbonyl (C=O) groups excluding carboxylic acids is 1. The Bertz CT molecular complexity index is 1310. The zero-order valence-corrected chi connectivity index (χ0v) is 18.0. The number of anilines is 1. The quantitative estimate of drug-likeness (QED) is 0.467. The van der Waals surface area contributed by atoms with Crippen molar-refractivity contribution in [3.05, 3.63) is 65.4 Å². The van der Waals surface area contributed by atoms with Crippen molar-refractivity contribution in [2.75, 3.05) is 18.5 Å². The molecule has 5 rings (SSSR count). The minimum Gasteiger partial charge on any atom is -0.352 e. The van der Waals surface area contributed by atoms with Crippen LogP contribution >= 0.6 is 0 Å². The fourth-order valence-electron chi connectivity index (χ4n) is 4.24. The third-order valence-corrected chi connectivity index (χ3v) is 5.74. The molecule has 162 valence electrons. The number of hydrogen-bond donors (Lipinski definition) is 0. The molecule has 0 radical (unpaired) electrons. The van der Waals surface area contributed by atoms with Crippen molar-refractivity contribution in [2.24, 2.45) is 7.05 Å². The van der Waals surface area contributed by atoms with Crippen LogP contribution in [0.1, 0.15) is 23.2 Å². The predicted octanol–water partition coefficient (Wildman–Crippen LogP) is 3.30. The van der Waals surface area contributed by atoms with Crippen molar-refractivity contribution >= 4 is 22.5 Å². The molecule has 1 aliphatic rings. The second-order valence-corrected chi connectivity index (χ2v) is 8.28. The summed E-state index contributed by atoms with van der Waals surface area (Å²) < 4.78 is 14.9. The molecule has 0 fully saturated rings. The number of aromatic nitrogens is 5. The van der Waals surface area contributed by atoms with Crippen LogP contribution in [0.2, 0.25) is 0 Å². The van der Waals surface area contributed by atoms with Crippen LogP contribution < -0.4 is 4.90 Å². The fraction of sp³-hybridized carbons (Fsp3) is 0.292. The standard InChI is InChI=1S/C24H23FN6O/c1-30(14-18(32)10-15-6-8-17(25)9-7-15)24-19-4-3-5-20(19)27-23(28-24)21-11-16-13-31(2)29-22(16)12-26-21/h6-9,11-13H,3-5,10,14H2,1-2H3. The van der Waals surface area contributed by atoms with Crippen LogP contribution in [0.25, 0.3) is 22.4 Å². The summed E-state index contributed by atoms with van der Waals surface area (Å²) in [5, 5.41) is 5.35. The maximum atomic E-state index is 13.1. The summed E-state index contributed by atoms with van der Waals surface area (Å²) in [4.78, 5) is 28.7. The van der Waals surface area contributed by atoms with Gasteiger partial charge in [-0.05, 0) is 43.0 Å². The van der Waals surface area contributed by atoms with E-state index < -0.39 is 0 Å². The van der Waals surface area contributed by atoms with E-state index in [2.05, 4.69) is 10.1 Å². The number of aryl methyl sites for hydroxylation is 2. The number of likely N-dealkylation sites (N-methyl/N-ethyl adjacent to an activating group) is 1. The summed E-state index contributed by atoms with van der Waals surface area (Å²) in [6.45, 7) is 0.218. The molecule has 0 spiro atoms. The molecule has 0 amide bonds. The number of hydrogen-bond acceptors (Lipinski definition) is 6. The van der Waals surface area contributed by atoms with Crippen LogP contribution in [0.4, 0.5) is 10.2 Å². The van der Waals surface area contributed by atoms with E-state index in [-0.39, 0.29) is 24.6 Å². The summed E-state index contributed by atoms with van der Waals surface area (Å²) in [5.74, 6) is 1.08. The molecule has 1 aromatic carbocycles. The van der Waals surface area contributed by atoms with E-state index in [1.807, 2.05) is 31.3 Å². The third-order valence-electron chi connectivity index (χ3n) is 5.74. The highest BCUT2D eigenvalue weighted by molar-refractivity contribution is 5.85. The number of rotatable bonds is 6. The molecule has 3 aromatic heterocycles. The highest BCUT2D eigenvalue weighted by Gasteiger charge is 2.23. The second-order valence-electron chi connectivity index (χ2n) is 8.28. The van der Waals surface area contributed by atoms with Crippen LogP contribution in [-0.4, -0.2) is 44.1 Å². The van der Waals surface area contributed by atoms with Crippen LogP contribution in [0, 0.1) is 5.82 Å². The molecular formula is C24H23FN6O. The summed E-state index contributed by atoms with van der Waals surface area (Å²) >= 11 is 0. The highest BCUT2D eigenvalue weighted by atomic mass is 19.1. The largest absolute Gasteiger partial charge is 0.352 e. The molecule has 4 aromatic rings. The van der Waals surface area contributed by atoms with Crippen LogP contribution in [0.3, 0.4) is 0 Å². The smallest absolute Gasteiger partial charge is 0.180 e. The van der Waals surface area contributed by atoms with Gasteiger partial charge < -0.3 is 4.90 Å². The number of pyridine rings is 1. The molecule has 0 bridgehead atoms. The zero-order valence-electron chi connectivity index (χ0n) is 18.0. The molecular weight excluding hydrogens is 407 g/mol. The van der Waals surface area contributed by atoms with Gasteiger partial charge in [-0.25, -0.2) is 14.4 Å². The van der Waals surface area contributed by atoms with E-state index in [0.29, 0.717) is 11.5 Å². The van der Waals surface area contributed by atoms with Gasteiger partial charge in [-0.2, -0.15) is 5.10 Å². The Balaban J connectivity index is 1.43. The number of carbonyl (C=O) groups is 1. The number of ketones is 1. The number of nitrogens with zero attached hydrogens (tertiary/aromatic N) is 6. The first-order chi connectivity index (χ1) is 15.5. The molecule has 1 aliphatic carbocycles. The normalized spacial score (nSPS) is 12.8. The minimum atomic E-state index is -0.305. The molecule has 8 heteroatoms. The lowest BCUT2D eigenvalue weighted by molar-refractivity contribution is -0.117. The van der Waals surface area contributed by atoms with Crippen molar-refractivity contribution in [1.29, 1.82) is 0 Å². The van der Waals surface area contributed by atoms with Crippen molar-refractivity contribution in [1.82, 2.24) is 24.7 Å². The average Bonchev–Trinajstić information content (AvgIpc) is 3.39. The maximum absolute atomic E-state index is 13.1. The molecule has 0 N–H and O–H groups in total. The Kier molecular flexibility index (Phi) is 5.13. The number of fused-ring (bicyclic) bond motifs is 2. The Morgan fingerprint density at radius 2 is 2.00 bits per heavy atom. The first-order valence-corrected chi connectivity index (χ1v) is 10.6. The number of Topliss-reactive ketones (excluding diaryl/α,β-unsaturated/α-hetero) is 1. The van der Waals surface area contributed by atoms with Crippen LogP contribution in [0.5, 0.6) is 0 Å². The summed E-state index contributed by atoms with van der Waals surface area (Å²) in [6, 6.07) is 7.99. The van der Waals surface area contributed by atoms with E-state index in [1.165, 1.54) is 12.1 Å². The van der Waals surface area contributed by atoms with Crippen molar-refractivity contribution in [2.45, 2.75) is 25.7 Å². The van der Waals surface area contributed by atoms with Gasteiger partial charge in [-0.15, -0.1) is 0 Å². The van der Waals surface area contributed by atoms with Gasteiger partial charge in [0.15, 0.2) is 11.6 Å². The van der Waals surface area contributed by atoms with Gasteiger partial charge in [-0.1, -0.05) is 12.1 Å². The van der Waals surface area contributed by atoms with Gasteiger partial charge in [0.25, 0.3) is 0 Å². The Morgan fingerprint density at radius 1 is 1.19 bits per heavy atom. The van der Waals surface area contributed by atoms with E-state index in [1.54, 1.807) is 23.0 Å². The Hall–Kier alpha value is -3.68. The first-order valence-electron chi connectivity index (χ1n) is 10.6. The average molecular weight is 430 g/mol. The van der Waals surface area contributed by atoms with E-state index in [9.17, 15) is 9.18 Å². The molecule has 0 aliphatic heterocycles. The van der Waals surface area contributed by atoms with Gasteiger partial charge in [0.1, 0.15) is 22.8 Å². The number of halogens is 1. The zero-order chi connectivity index (χ0) is 22.2. The monoisotopic (exact) mass is 430 g/mol. The lowest BCUT2D eigenvalue weighted by Gasteiger charge is -2.21. The van der Waals surface area contributed by atoms with Crippen molar-refractivity contribution in [3.63, 3.8) is 0 Å². The van der Waals surface area contributed by atoms with E-state index in [4.69, 9.17) is 9.97 Å². The SMILES string of the molecule is CN(CC(=O)Cc1ccc(F)cc1)c1nc(-c2cc3cn(C)nc3cn2)nc2c1CCC2. The predicted molar refractivity (Wildman–Crippen MR) is 120 cm³/mol. The fourth-order valence-corrected chi connectivity index (χ4v) is 4.24. The lowest BCUT2D eigenvalue weighted by atomic mass is 10.1. The summed E-state index contributed by atoms with van der Waals surface area (Å²) in [6.07, 6.45) is 6.74. The van der Waals surface area contributed by atoms with Crippen molar-refractivity contribution in [3.8, 4) is 11.5 Å². The number of benzene rings is 1. The van der Waals surface area contributed by atoms with Crippen LogP contribution in [-0.2, 0) is 31.1 Å². The van der Waals surface area contributed by atoms with Gasteiger partial charge in [0, 0.05) is 43.4 Å². The molecule has 7 nitrogen and oxygen atoms in total. The second kappa shape index (κ2) is 8.11. The van der Waals surface area contributed by atoms with Crippen molar-refractivity contribution < 1.29 is 9.18 Å². The van der Waals surface area contributed by atoms with E-state index in [0.717, 1.165) is 52.8 Å². The Labute approximate surface area is 184 Å². The van der Waals surface area contributed by atoms with Crippen LogP contribution in [0.15, 0.2) is 42.7 Å². The third kappa shape index (κ3) is 3.95. The molecule has 0 saturated carbocycles. The molecule has 0 atom stereocenters. The lowest BCUT2D eigenvalue weighted by Crippen LogP contribution is -2.28. The van der Waals surface area contributed by atoms with Gasteiger partial charge in [0.2, 0.25) is 0 Å². The molecule has 3 heterocycles. The van der Waals surface area contributed by atoms with Gasteiger partial charge in [0.05, 0.1) is 12.7 Å². The van der Waals surface area contributed by atoms with Gasteiger partial charge >= 0.3 is 0 Å². The summed E-state index contributed by atoms with van der Waals surface area (Å²) in [5.41, 5.74) is 4.44. The summed E-state index contributed by atoms with van der Waals surface area (Å²) in [7, 11) is 3.76. The van der Waals surface area contributed by atoms with Gasteiger partial charge in [-0.3, -0.25) is 14.5 Å². The topological polar surface area (TPSA) is 76.8 Å². The minimum absolute atomic E-state index is 0.0425. The maximum Gasteiger partial charge on any atom is 0.180 e. The molecule has 0 saturated heterocycles. The van der Waals surface area contributed by atoms with E-state index >= 15 is 0 Å². The first kappa shape index (κ1) is 20.2. The highest BCUT2D eigenvalue weighted by Crippen LogP contribution is 2.31.